The van der Waals surface area contributed by atoms with Crippen LogP contribution < -0.4 is 0 Å². The number of hydrogen-bond donors (Lipinski definition) is 0. The number of likely N-dealkylation sites (N-methyl/N-ethyl adjacent to an activating group) is 1. The average molecular weight is 353 g/mol. The maximum absolute atomic E-state index is 12.8. The van der Waals surface area contributed by atoms with Gasteiger partial charge in [0.2, 0.25) is 11.8 Å². The van der Waals surface area contributed by atoms with E-state index in [1.807, 2.05) is 0 Å². The molecule has 2 aliphatic carbocycles. The van der Waals surface area contributed by atoms with E-state index in [0.29, 0.717) is 18.4 Å². The van der Waals surface area contributed by atoms with E-state index in [1.54, 1.807) is 4.90 Å². The first-order valence-electron chi connectivity index (χ1n) is 9.68. The van der Waals surface area contributed by atoms with Crippen LogP contribution in [0.3, 0.4) is 0 Å². The lowest BCUT2D eigenvalue weighted by atomic mass is 9.85. The van der Waals surface area contributed by atoms with E-state index in [9.17, 15) is 9.59 Å². The van der Waals surface area contributed by atoms with Crippen molar-refractivity contribution in [2.45, 2.75) is 26.8 Å². The quantitative estimate of drug-likeness (QED) is 0.464. The van der Waals surface area contributed by atoms with Gasteiger partial charge in [0.05, 0.1) is 39.0 Å². The molecule has 1 heterocycles. The van der Waals surface area contributed by atoms with Crippen LogP contribution in [0.1, 0.15) is 23.1 Å². The number of imide groups is 1. The SMILES string of the molecule is Cc1ccc(C[N+](C)(C)CCN2C(=O)C3C4C=CC(C4)C3C2=O)c(C)c1. The van der Waals surface area contributed by atoms with E-state index in [2.05, 4.69) is 58.3 Å². The summed E-state index contributed by atoms with van der Waals surface area (Å²) in [4.78, 5) is 27.2. The van der Waals surface area contributed by atoms with Crippen molar-refractivity contribution in [3.8, 4) is 0 Å². The Balaban J connectivity index is 1.42. The van der Waals surface area contributed by atoms with E-state index in [1.165, 1.54) is 16.7 Å². The van der Waals surface area contributed by atoms with Crippen molar-refractivity contribution in [1.29, 1.82) is 0 Å². The zero-order valence-corrected chi connectivity index (χ0v) is 16.2. The molecule has 3 aliphatic rings. The van der Waals surface area contributed by atoms with Gasteiger partial charge in [-0.25, -0.2) is 0 Å². The third-order valence-corrected chi connectivity index (χ3v) is 6.59. The monoisotopic (exact) mass is 353 g/mol. The second kappa shape index (κ2) is 6.05. The van der Waals surface area contributed by atoms with Gasteiger partial charge in [0.15, 0.2) is 0 Å². The van der Waals surface area contributed by atoms with Gasteiger partial charge in [-0.2, -0.15) is 0 Å². The third-order valence-electron chi connectivity index (χ3n) is 6.59. The summed E-state index contributed by atoms with van der Waals surface area (Å²) in [5.74, 6) is 0.583. The zero-order chi connectivity index (χ0) is 18.6. The molecule has 2 bridgehead atoms. The minimum absolute atomic E-state index is 0.0726. The van der Waals surface area contributed by atoms with Crippen molar-refractivity contribution < 1.29 is 14.1 Å². The fourth-order valence-corrected chi connectivity index (χ4v) is 5.12. The summed E-state index contributed by atoms with van der Waals surface area (Å²) in [7, 11) is 4.35. The maximum atomic E-state index is 12.8. The molecule has 138 valence electrons. The molecule has 0 aromatic heterocycles. The number of benzene rings is 1. The highest BCUT2D eigenvalue weighted by Gasteiger charge is 2.59. The van der Waals surface area contributed by atoms with Crippen LogP contribution in [0.15, 0.2) is 30.4 Å². The Morgan fingerprint density at radius 3 is 2.23 bits per heavy atom. The number of hydrogen-bond acceptors (Lipinski definition) is 2. The number of aryl methyl sites for hydroxylation is 2. The zero-order valence-electron chi connectivity index (χ0n) is 16.2. The Bertz CT molecular complexity index is 765. The summed E-state index contributed by atoms with van der Waals surface area (Å²) in [5, 5.41) is 0. The van der Waals surface area contributed by atoms with E-state index in [0.717, 1.165) is 24.0 Å². The number of fused-ring (bicyclic) bond motifs is 5. The van der Waals surface area contributed by atoms with Crippen LogP contribution in [0.25, 0.3) is 0 Å². The lowest BCUT2D eigenvalue weighted by Crippen LogP contribution is -2.46. The Morgan fingerprint density at radius 1 is 1.04 bits per heavy atom. The fourth-order valence-electron chi connectivity index (χ4n) is 5.12. The molecule has 4 nitrogen and oxygen atoms in total. The smallest absolute Gasteiger partial charge is 0.233 e. The molecule has 2 fully saturated rings. The molecule has 4 heteroatoms. The lowest BCUT2D eigenvalue weighted by Gasteiger charge is -2.32. The summed E-state index contributed by atoms with van der Waals surface area (Å²) in [5.41, 5.74) is 3.92. The van der Waals surface area contributed by atoms with Crippen molar-refractivity contribution in [3.63, 3.8) is 0 Å². The molecule has 1 aromatic carbocycles. The summed E-state index contributed by atoms with van der Waals surface area (Å²) in [6.45, 7) is 6.48. The van der Waals surface area contributed by atoms with Gasteiger partial charge in [-0.15, -0.1) is 0 Å². The number of carbonyl (C=O) groups excluding carboxylic acids is 2. The van der Waals surface area contributed by atoms with Crippen molar-refractivity contribution >= 4 is 11.8 Å². The van der Waals surface area contributed by atoms with Gasteiger partial charge in [0, 0.05) is 5.56 Å². The van der Waals surface area contributed by atoms with E-state index in [-0.39, 0.29) is 23.7 Å². The molecular weight excluding hydrogens is 324 g/mol. The molecule has 4 rings (SSSR count). The van der Waals surface area contributed by atoms with Crippen molar-refractivity contribution in [1.82, 2.24) is 4.90 Å². The van der Waals surface area contributed by atoms with Crippen LogP contribution >= 0.6 is 0 Å². The Labute approximate surface area is 156 Å². The third kappa shape index (κ3) is 2.81. The van der Waals surface area contributed by atoms with Gasteiger partial charge in [-0.05, 0) is 37.7 Å². The molecule has 4 atom stereocenters. The summed E-state index contributed by atoms with van der Waals surface area (Å²) in [6, 6.07) is 6.57. The fraction of sp³-hybridized carbons (Fsp3) is 0.545. The summed E-state index contributed by atoms with van der Waals surface area (Å²) in [6.07, 6.45) is 5.30. The molecule has 1 aliphatic heterocycles. The summed E-state index contributed by atoms with van der Waals surface area (Å²) < 4.78 is 0.765. The molecule has 1 aromatic rings. The first-order valence-corrected chi connectivity index (χ1v) is 9.68. The normalized spacial score (nSPS) is 29.8. The second-order valence-electron chi connectivity index (χ2n) is 9.08. The highest BCUT2D eigenvalue weighted by Crippen LogP contribution is 2.52. The minimum atomic E-state index is -0.0764. The number of nitrogens with zero attached hydrogens (tertiary/aromatic N) is 2. The largest absolute Gasteiger partial charge is 0.323 e. The van der Waals surface area contributed by atoms with Gasteiger partial charge < -0.3 is 4.48 Å². The molecule has 0 spiro atoms. The van der Waals surface area contributed by atoms with Crippen LogP contribution in [-0.4, -0.2) is 48.4 Å². The maximum Gasteiger partial charge on any atom is 0.233 e. The van der Waals surface area contributed by atoms with Gasteiger partial charge in [0.25, 0.3) is 0 Å². The number of likely N-dealkylation sites (tertiary alicyclic amines) is 1. The van der Waals surface area contributed by atoms with E-state index >= 15 is 0 Å². The second-order valence-corrected chi connectivity index (χ2v) is 9.08. The van der Waals surface area contributed by atoms with Crippen molar-refractivity contribution in [3.05, 3.63) is 47.0 Å². The van der Waals surface area contributed by atoms with Gasteiger partial charge in [-0.1, -0.05) is 35.9 Å². The molecule has 26 heavy (non-hydrogen) atoms. The molecular formula is C22H29N2O2+. The average Bonchev–Trinajstić information content (AvgIpc) is 3.23. The lowest BCUT2D eigenvalue weighted by molar-refractivity contribution is -0.902. The first kappa shape index (κ1) is 17.5. The number of carbonyl (C=O) groups is 2. The molecule has 4 unspecified atom stereocenters. The van der Waals surface area contributed by atoms with Crippen molar-refractivity contribution in [2.75, 3.05) is 27.2 Å². The van der Waals surface area contributed by atoms with Crippen LogP contribution in [-0.2, 0) is 16.1 Å². The Morgan fingerprint density at radius 2 is 1.65 bits per heavy atom. The topological polar surface area (TPSA) is 37.4 Å². The molecule has 1 saturated heterocycles. The number of amides is 2. The highest BCUT2D eigenvalue weighted by atomic mass is 16.2. The van der Waals surface area contributed by atoms with Crippen LogP contribution in [0, 0.1) is 37.5 Å². The Kier molecular flexibility index (Phi) is 4.07. The first-order chi connectivity index (χ1) is 12.3. The highest BCUT2D eigenvalue weighted by molar-refractivity contribution is 6.06. The molecule has 0 N–H and O–H groups in total. The van der Waals surface area contributed by atoms with Crippen LogP contribution in [0.4, 0.5) is 0 Å². The Hall–Kier alpha value is -1.94. The summed E-state index contributed by atoms with van der Waals surface area (Å²) >= 11 is 0. The van der Waals surface area contributed by atoms with Gasteiger partial charge in [-0.3, -0.25) is 14.5 Å². The van der Waals surface area contributed by atoms with Gasteiger partial charge >= 0.3 is 0 Å². The van der Waals surface area contributed by atoms with Crippen LogP contribution in [0.5, 0.6) is 0 Å². The standard InChI is InChI=1S/C22H29N2O2/c1-14-5-6-18(15(2)11-14)13-24(3,4)10-9-23-21(25)19-16-7-8-17(12-16)20(19)22(23)26/h5-8,11,16-17,19-20H,9-10,12-13H2,1-4H3/q+1. The number of quaternary nitrogens is 1. The molecule has 1 saturated carbocycles. The van der Waals surface area contributed by atoms with Gasteiger partial charge in [0.1, 0.15) is 6.54 Å². The minimum Gasteiger partial charge on any atom is -0.323 e. The predicted octanol–water partition coefficient (Wildman–Crippen LogP) is 2.69. The van der Waals surface area contributed by atoms with E-state index < -0.39 is 0 Å². The van der Waals surface area contributed by atoms with Crippen LogP contribution in [0.2, 0.25) is 0 Å². The molecule has 2 amide bonds. The van der Waals surface area contributed by atoms with Crippen molar-refractivity contribution in [2.24, 2.45) is 23.7 Å². The molecule has 0 radical (unpaired) electrons. The number of rotatable bonds is 5. The van der Waals surface area contributed by atoms with E-state index in [4.69, 9.17) is 0 Å². The number of allylic oxidation sites excluding steroid dienone is 2. The predicted molar refractivity (Wildman–Crippen MR) is 101 cm³/mol.